The van der Waals surface area contributed by atoms with Crippen LogP contribution in [0.3, 0.4) is 0 Å². The van der Waals surface area contributed by atoms with E-state index < -0.39 is 0 Å². The molecule has 0 bridgehead atoms. The zero-order valence-corrected chi connectivity index (χ0v) is 11.1. The van der Waals surface area contributed by atoms with Crippen molar-refractivity contribution in [2.45, 2.75) is 20.1 Å². The molecule has 96 valence electrons. The van der Waals surface area contributed by atoms with E-state index in [-0.39, 0.29) is 12.4 Å². The van der Waals surface area contributed by atoms with Gasteiger partial charge >= 0.3 is 0 Å². The number of rotatable bonds is 5. The summed E-state index contributed by atoms with van der Waals surface area (Å²) in [6.07, 6.45) is 0. The minimum absolute atomic E-state index is 0.145. The number of aliphatic hydroxyl groups is 1. The zero-order valence-electron chi connectivity index (χ0n) is 10.3. The summed E-state index contributed by atoms with van der Waals surface area (Å²) in [5.41, 5.74) is 1.14. The van der Waals surface area contributed by atoms with Crippen molar-refractivity contribution in [1.29, 1.82) is 0 Å². The fraction of sp³-hybridized carbons (Fsp3) is 0.286. The molecule has 18 heavy (non-hydrogen) atoms. The molecule has 0 radical (unpaired) electrons. The number of nitrogens with zero attached hydrogens (tertiary/aromatic N) is 1. The fourth-order valence-corrected chi connectivity index (χ4v) is 2.70. The van der Waals surface area contributed by atoms with Crippen LogP contribution in [0, 0.1) is 5.82 Å². The molecule has 1 aromatic carbocycles. The molecule has 4 heteroatoms. The van der Waals surface area contributed by atoms with Crippen LogP contribution in [0.4, 0.5) is 10.1 Å². The van der Waals surface area contributed by atoms with Gasteiger partial charge < -0.3 is 10.0 Å². The topological polar surface area (TPSA) is 23.5 Å². The van der Waals surface area contributed by atoms with Gasteiger partial charge in [0, 0.05) is 17.0 Å². The van der Waals surface area contributed by atoms with Gasteiger partial charge in [-0.3, -0.25) is 0 Å². The maximum atomic E-state index is 14.0. The van der Waals surface area contributed by atoms with E-state index in [0.29, 0.717) is 24.3 Å². The van der Waals surface area contributed by atoms with Crippen molar-refractivity contribution in [1.82, 2.24) is 0 Å². The average Bonchev–Trinajstić information content (AvgIpc) is 2.89. The average molecular weight is 265 g/mol. The molecule has 0 aliphatic rings. The number of para-hydroxylation sites is 1. The second kappa shape index (κ2) is 5.98. The van der Waals surface area contributed by atoms with Crippen LogP contribution in [0.25, 0.3) is 0 Å². The van der Waals surface area contributed by atoms with E-state index in [1.165, 1.54) is 10.9 Å². The maximum absolute atomic E-state index is 14.0. The van der Waals surface area contributed by atoms with Crippen molar-refractivity contribution in [2.75, 3.05) is 11.4 Å². The quantitative estimate of drug-likeness (QED) is 0.895. The molecular formula is C14H16FNOS. The molecule has 2 nitrogen and oxygen atoms in total. The standard InChI is InChI=1S/C14H16FNOS/c1-2-16(9-12-6-4-8-18-12)14-11(10-17)5-3-7-13(14)15/h3-8,17H,2,9-10H2,1H3. The molecule has 0 aliphatic heterocycles. The first-order valence-electron chi connectivity index (χ1n) is 5.91. The van der Waals surface area contributed by atoms with Gasteiger partial charge in [0.2, 0.25) is 0 Å². The van der Waals surface area contributed by atoms with Crippen molar-refractivity contribution >= 4 is 17.0 Å². The van der Waals surface area contributed by atoms with E-state index in [1.807, 2.05) is 29.3 Å². The van der Waals surface area contributed by atoms with Gasteiger partial charge in [-0.05, 0) is 24.4 Å². The SMILES string of the molecule is CCN(Cc1cccs1)c1c(F)cccc1CO. The Labute approximate surface area is 110 Å². The maximum Gasteiger partial charge on any atom is 0.146 e. The monoisotopic (exact) mass is 265 g/mol. The molecule has 0 atom stereocenters. The molecule has 0 saturated heterocycles. The molecule has 2 rings (SSSR count). The van der Waals surface area contributed by atoms with Crippen molar-refractivity contribution in [3.8, 4) is 0 Å². The van der Waals surface area contributed by atoms with Crippen LogP contribution in [-0.4, -0.2) is 11.7 Å². The Morgan fingerprint density at radius 1 is 1.28 bits per heavy atom. The molecule has 1 N–H and O–H groups in total. The smallest absolute Gasteiger partial charge is 0.146 e. The van der Waals surface area contributed by atoms with Crippen molar-refractivity contribution in [2.24, 2.45) is 0 Å². The van der Waals surface area contributed by atoms with Gasteiger partial charge in [-0.25, -0.2) is 4.39 Å². The Balaban J connectivity index is 2.32. The van der Waals surface area contributed by atoms with Gasteiger partial charge in [0.15, 0.2) is 0 Å². The summed E-state index contributed by atoms with van der Waals surface area (Å²) < 4.78 is 14.0. The van der Waals surface area contributed by atoms with Gasteiger partial charge in [-0.15, -0.1) is 11.3 Å². The molecule has 1 aromatic heterocycles. The van der Waals surface area contributed by atoms with E-state index in [9.17, 15) is 9.50 Å². The van der Waals surface area contributed by atoms with Crippen LogP contribution in [0.1, 0.15) is 17.4 Å². The van der Waals surface area contributed by atoms with Crippen LogP contribution >= 0.6 is 11.3 Å². The highest BCUT2D eigenvalue weighted by Crippen LogP contribution is 2.27. The Morgan fingerprint density at radius 3 is 2.72 bits per heavy atom. The van der Waals surface area contributed by atoms with Gasteiger partial charge in [0.25, 0.3) is 0 Å². The summed E-state index contributed by atoms with van der Waals surface area (Å²) in [4.78, 5) is 3.14. The number of benzene rings is 1. The highest BCUT2D eigenvalue weighted by atomic mass is 32.1. The summed E-state index contributed by atoms with van der Waals surface area (Å²) in [5.74, 6) is -0.278. The Morgan fingerprint density at radius 2 is 2.11 bits per heavy atom. The van der Waals surface area contributed by atoms with Crippen molar-refractivity contribution < 1.29 is 9.50 Å². The number of hydrogen-bond acceptors (Lipinski definition) is 3. The highest BCUT2D eigenvalue weighted by Gasteiger charge is 2.15. The molecular weight excluding hydrogens is 249 g/mol. The number of thiophene rings is 1. The fourth-order valence-electron chi connectivity index (χ4n) is 1.98. The van der Waals surface area contributed by atoms with Crippen molar-refractivity contribution in [3.63, 3.8) is 0 Å². The van der Waals surface area contributed by atoms with Crippen LogP contribution < -0.4 is 4.90 Å². The summed E-state index contributed by atoms with van der Waals surface area (Å²) in [7, 11) is 0. The van der Waals surface area contributed by atoms with E-state index in [0.717, 1.165) is 0 Å². The predicted octanol–water partition coefficient (Wildman–Crippen LogP) is 3.41. The van der Waals surface area contributed by atoms with Crippen LogP contribution in [0.15, 0.2) is 35.7 Å². The summed E-state index contributed by atoms with van der Waals surface area (Å²) in [6, 6.07) is 8.85. The molecule has 0 fully saturated rings. The number of anilines is 1. The zero-order chi connectivity index (χ0) is 13.0. The van der Waals surface area contributed by atoms with E-state index in [2.05, 4.69) is 0 Å². The molecule has 1 heterocycles. The van der Waals surface area contributed by atoms with Crippen LogP contribution in [-0.2, 0) is 13.2 Å². The molecule has 0 saturated carbocycles. The third-order valence-electron chi connectivity index (χ3n) is 2.87. The van der Waals surface area contributed by atoms with Gasteiger partial charge in [-0.1, -0.05) is 18.2 Å². The first-order chi connectivity index (χ1) is 8.76. The number of aliphatic hydroxyl groups excluding tert-OH is 1. The lowest BCUT2D eigenvalue weighted by Gasteiger charge is -2.25. The second-order valence-electron chi connectivity index (χ2n) is 4.00. The van der Waals surface area contributed by atoms with Gasteiger partial charge in [0.1, 0.15) is 5.82 Å². The highest BCUT2D eigenvalue weighted by molar-refractivity contribution is 7.09. The second-order valence-corrected chi connectivity index (χ2v) is 5.03. The summed E-state index contributed by atoms with van der Waals surface area (Å²) >= 11 is 1.65. The Kier molecular flexibility index (Phi) is 4.33. The molecule has 0 unspecified atom stereocenters. The number of halogens is 1. The third kappa shape index (κ3) is 2.71. The normalized spacial score (nSPS) is 10.6. The summed E-state index contributed by atoms with van der Waals surface area (Å²) in [5, 5.41) is 11.3. The molecule has 2 aromatic rings. The number of hydrogen-bond donors (Lipinski definition) is 1. The molecule has 0 amide bonds. The lowest BCUT2D eigenvalue weighted by atomic mass is 10.1. The van der Waals surface area contributed by atoms with E-state index in [1.54, 1.807) is 23.5 Å². The first kappa shape index (κ1) is 13.1. The van der Waals surface area contributed by atoms with E-state index >= 15 is 0 Å². The first-order valence-corrected chi connectivity index (χ1v) is 6.79. The van der Waals surface area contributed by atoms with Crippen LogP contribution in [0.2, 0.25) is 0 Å². The predicted molar refractivity (Wildman–Crippen MR) is 73.4 cm³/mol. The lowest BCUT2D eigenvalue weighted by Crippen LogP contribution is -2.24. The summed E-state index contributed by atoms with van der Waals surface area (Å²) in [6.45, 7) is 3.21. The van der Waals surface area contributed by atoms with E-state index in [4.69, 9.17) is 0 Å². The molecule has 0 spiro atoms. The minimum atomic E-state index is -0.278. The molecule has 0 aliphatic carbocycles. The Bertz CT molecular complexity index is 499. The Hall–Kier alpha value is -1.39. The minimum Gasteiger partial charge on any atom is -0.392 e. The van der Waals surface area contributed by atoms with Crippen molar-refractivity contribution in [3.05, 3.63) is 52.0 Å². The van der Waals surface area contributed by atoms with Gasteiger partial charge in [-0.2, -0.15) is 0 Å². The largest absolute Gasteiger partial charge is 0.392 e. The lowest BCUT2D eigenvalue weighted by molar-refractivity contribution is 0.281. The third-order valence-corrected chi connectivity index (χ3v) is 3.73. The van der Waals surface area contributed by atoms with Crippen LogP contribution in [0.5, 0.6) is 0 Å². The van der Waals surface area contributed by atoms with Gasteiger partial charge in [0.05, 0.1) is 18.8 Å².